The SMILES string of the molecule is CC(C)(O)c1nc(N2C[C@H]3CSC(N)=N[C@@]3(c3cnccn3)C2)ncc1F.Cl. The summed E-state index contributed by atoms with van der Waals surface area (Å²) >= 11 is 1.51. The van der Waals surface area contributed by atoms with E-state index in [-0.39, 0.29) is 24.0 Å². The minimum absolute atomic E-state index is 0. The van der Waals surface area contributed by atoms with Gasteiger partial charge in [-0.15, -0.1) is 12.4 Å². The molecule has 2 aliphatic heterocycles. The van der Waals surface area contributed by atoms with Crippen LogP contribution in [0.3, 0.4) is 0 Å². The van der Waals surface area contributed by atoms with Gasteiger partial charge in [0.25, 0.3) is 0 Å². The monoisotopic (exact) mass is 425 g/mol. The Morgan fingerprint density at radius 3 is 2.79 bits per heavy atom. The van der Waals surface area contributed by atoms with Gasteiger partial charge in [-0.1, -0.05) is 11.8 Å². The third-order valence-corrected chi connectivity index (χ3v) is 5.85. The second kappa shape index (κ2) is 7.41. The van der Waals surface area contributed by atoms with Gasteiger partial charge in [-0.3, -0.25) is 9.97 Å². The Hall–Kier alpha value is -2.04. The number of hydrogen-bond donors (Lipinski definition) is 2. The largest absolute Gasteiger partial charge is 0.384 e. The van der Waals surface area contributed by atoms with Crippen molar-refractivity contribution in [3.05, 3.63) is 42.0 Å². The van der Waals surface area contributed by atoms with Crippen molar-refractivity contribution in [1.82, 2.24) is 19.9 Å². The first-order valence-electron chi connectivity index (χ1n) is 8.54. The summed E-state index contributed by atoms with van der Waals surface area (Å²) in [6.45, 7) is 4.06. The summed E-state index contributed by atoms with van der Waals surface area (Å²) in [5.41, 5.74) is 4.69. The third-order valence-electron chi connectivity index (χ3n) is 4.89. The number of hydrogen-bond acceptors (Lipinski definition) is 9. The van der Waals surface area contributed by atoms with Crippen LogP contribution in [0.2, 0.25) is 0 Å². The number of thioether (sulfide) groups is 1. The molecule has 0 aliphatic carbocycles. The molecule has 0 spiro atoms. The Morgan fingerprint density at radius 1 is 1.32 bits per heavy atom. The summed E-state index contributed by atoms with van der Waals surface area (Å²) in [7, 11) is 0. The molecule has 0 aromatic carbocycles. The first-order valence-corrected chi connectivity index (χ1v) is 9.53. The van der Waals surface area contributed by atoms with Crippen molar-refractivity contribution in [3.63, 3.8) is 0 Å². The van der Waals surface area contributed by atoms with Gasteiger partial charge in [0.2, 0.25) is 5.95 Å². The second-order valence-electron chi connectivity index (χ2n) is 7.28. The highest BCUT2D eigenvalue weighted by Gasteiger charge is 2.52. The highest BCUT2D eigenvalue weighted by Crippen LogP contribution is 2.45. The lowest BCUT2D eigenvalue weighted by Crippen LogP contribution is -2.40. The van der Waals surface area contributed by atoms with Crippen LogP contribution in [0.25, 0.3) is 0 Å². The zero-order valence-corrected chi connectivity index (χ0v) is 17.0. The van der Waals surface area contributed by atoms with Crippen molar-refractivity contribution in [2.45, 2.75) is 25.0 Å². The molecule has 0 bridgehead atoms. The fourth-order valence-electron chi connectivity index (χ4n) is 3.60. The van der Waals surface area contributed by atoms with E-state index in [1.165, 1.54) is 25.6 Å². The van der Waals surface area contributed by atoms with Crippen LogP contribution in [0.4, 0.5) is 10.3 Å². The zero-order valence-electron chi connectivity index (χ0n) is 15.4. The molecule has 11 heteroatoms. The highest BCUT2D eigenvalue weighted by molar-refractivity contribution is 8.13. The van der Waals surface area contributed by atoms with Crippen LogP contribution in [0.5, 0.6) is 0 Å². The van der Waals surface area contributed by atoms with Crippen molar-refractivity contribution in [2.24, 2.45) is 16.6 Å². The van der Waals surface area contributed by atoms with Crippen molar-refractivity contribution < 1.29 is 9.50 Å². The van der Waals surface area contributed by atoms with Crippen LogP contribution in [-0.4, -0.2) is 49.1 Å². The molecule has 0 unspecified atom stereocenters. The molecule has 3 N–H and O–H groups in total. The minimum Gasteiger partial charge on any atom is -0.384 e. The third kappa shape index (κ3) is 3.51. The maximum absolute atomic E-state index is 14.1. The number of rotatable bonds is 3. The van der Waals surface area contributed by atoms with Gasteiger partial charge in [0.15, 0.2) is 11.0 Å². The van der Waals surface area contributed by atoms with Gasteiger partial charge in [-0.25, -0.2) is 19.4 Å². The lowest BCUT2D eigenvalue weighted by atomic mass is 9.86. The molecule has 150 valence electrons. The average Bonchev–Trinajstić information content (AvgIpc) is 3.02. The summed E-state index contributed by atoms with van der Waals surface area (Å²) in [5, 5.41) is 10.7. The van der Waals surface area contributed by atoms with Gasteiger partial charge in [-0.2, -0.15) is 0 Å². The van der Waals surface area contributed by atoms with Crippen LogP contribution in [0.15, 0.2) is 29.8 Å². The Labute approximate surface area is 172 Å². The predicted octanol–water partition coefficient (Wildman–Crippen LogP) is 1.45. The van der Waals surface area contributed by atoms with Gasteiger partial charge in [-0.05, 0) is 13.8 Å². The van der Waals surface area contributed by atoms with Crippen molar-refractivity contribution in [3.8, 4) is 0 Å². The van der Waals surface area contributed by atoms with Crippen molar-refractivity contribution in [1.29, 1.82) is 0 Å². The van der Waals surface area contributed by atoms with E-state index in [1.54, 1.807) is 18.6 Å². The summed E-state index contributed by atoms with van der Waals surface area (Å²) in [5.74, 6) is 0.627. The normalized spacial score (nSPS) is 24.4. The molecule has 1 saturated heterocycles. The van der Waals surface area contributed by atoms with Gasteiger partial charge in [0.05, 0.1) is 24.6 Å². The van der Waals surface area contributed by atoms with E-state index >= 15 is 0 Å². The number of amidine groups is 1. The molecule has 0 radical (unpaired) electrons. The Morgan fingerprint density at radius 2 is 2.11 bits per heavy atom. The van der Waals surface area contributed by atoms with E-state index in [1.807, 2.05) is 4.90 Å². The maximum atomic E-state index is 14.1. The smallest absolute Gasteiger partial charge is 0.225 e. The zero-order chi connectivity index (χ0) is 19.2. The average molecular weight is 426 g/mol. The molecule has 0 saturated carbocycles. The number of halogens is 2. The molecule has 2 aromatic rings. The van der Waals surface area contributed by atoms with Crippen molar-refractivity contribution in [2.75, 3.05) is 23.7 Å². The van der Waals surface area contributed by atoms with Crippen LogP contribution >= 0.6 is 24.2 Å². The summed E-state index contributed by atoms with van der Waals surface area (Å²) in [6.07, 6.45) is 6.05. The van der Waals surface area contributed by atoms with Crippen molar-refractivity contribution >= 4 is 35.3 Å². The van der Waals surface area contributed by atoms with Gasteiger partial charge >= 0.3 is 0 Å². The number of fused-ring (bicyclic) bond motifs is 1. The summed E-state index contributed by atoms with van der Waals surface area (Å²) < 4.78 is 14.1. The van der Waals surface area contributed by atoms with Crippen LogP contribution in [0, 0.1) is 11.7 Å². The van der Waals surface area contributed by atoms with E-state index in [9.17, 15) is 9.50 Å². The molecule has 4 heterocycles. The molecular weight excluding hydrogens is 405 g/mol. The number of anilines is 1. The number of nitrogens with zero attached hydrogens (tertiary/aromatic N) is 6. The molecule has 2 aromatic heterocycles. The first-order chi connectivity index (χ1) is 12.8. The van der Waals surface area contributed by atoms with Gasteiger partial charge in [0, 0.05) is 30.6 Å². The van der Waals surface area contributed by atoms with Crippen LogP contribution < -0.4 is 10.6 Å². The Balaban J connectivity index is 0.00000225. The van der Waals surface area contributed by atoms with E-state index < -0.39 is 17.0 Å². The van der Waals surface area contributed by atoms with E-state index in [4.69, 9.17) is 10.7 Å². The van der Waals surface area contributed by atoms with Gasteiger partial charge < -0.3 is 15.7 Å². The molecule has 0 amide bonds. The standard InChI is InChI=1S/C17H20FN7OS.ClH/c1-16(2,26)13-11(18)5-22-15(23-13)25-7-10-8-27-14(19)24-17(10,9-25)12-6-20-3-4-21-12;/h3-6,10,26H,7-9H2,1-2H3,(H2,19,24);1H/t10-,17-;/m0./s1. The van der Waals surface area contributed by atoms with E-state index in [2.05, 4.69) is 19.9 Å². The quantitative estimate of drug-likeness (QED) is 0.759. The lowest BCUT2D eigenvalue weighted by molar-refractivity contribution is 0.0693. The fourth-order valence-corrected chi connectivity index (χ4v) is 4.58. The molecule has 28 heavy (non-hydrogen) atoms. The number of aliphatic imine (C=N–C) groups is 1. The molecular formula is C17H21ClFN7OS. The Bertz CT molecular complexity index is 895. The fraction of sp³-hybridized carbons (Fsp3) is 0.471. The topological polar surface area (TPSA) is 113 Å². The number of aliphatic hydroxyl groups is 1. The molecule has 4 rings (SSSR count). The van der Waals surface area contributed by atoms with Gasteiger partial charge in [0.1, 0.15) is 16.8 Å². The Kier molecular flexibility index (Phi) is 5.48. The molecule has 2 aliphatic rings. The second-order valence-corrected chi connectivity index (χ2v) is 8.32. The maximum Gasteiger partial charge on any atom is 0.225 e. The molecule has 2 atom stereocenters. The number of nitrogens with two attached hydrogens (primary N) is 1. The van der Waals surface area contributed by atoms with Crippen LogP contribution in [0.1, 0.15) is 25.2 Å². The summed E-state index contributed by atoms with van der Waals surface area (Å²) in [6, 6.07) is 0. The molecule has 1 fully saturated rings. The van der Waals surface area contributed by atoms with Crippen LogP contribution in [-0.2, 0) is 11.1 Å². The predicted molar refractivity (Wildman–Crippen MR) is 108 cm³/mol. The minimum atomic E-state index is -1.41. The van der Waals surface area contributed by atoms with E-state index in [0.717, 1.165) is 17.6 Å². The highest BCUT2D eigenvalue weighted by atomic mass is 35.5. The molecule has 8 nitrogen and oxygen atoms in total. The number of aromatic nitrogens is 4. The first kappa shape index (κ1) is 20.7. The summed E-state index contributed by atoms with van der Waals surface area (Å²) in [4.78, 5) is 23.8. The lowest BCUT2D eigenvalue weighted by Gasteiger charge is -2.33. The van der Waals surface area contributed by atoms with E-state index in [0.29, 0.717) is 24.2 Å².